The minimum absolute atomic E-state index is 0.0362. The van der Waals surface area contributed by atoms with E-state index in [1.54, 1.807) is 12.1 Å². The zero-order valence-corrected chi connectivity index (χ0v) is 20.1. The zero-order chi connectivity index (χ0) is 23.9. The third-order valence-corrected chi connectivity index (χ3v) is 7.01. The maximum Gasteiger partial charge on any atom is 0.283 e. The highest BCUT2D eigenvalue weighted by Crippen LogP contribution is 2.37. The van der Waals surface area contributed by atoms with Gasteiger partial charge in [0.05, 0.1) is 6.54 Å². The van der Waals surface area contributed by atoms with Gasteiger partial charge in [-0.25, -0.2) is 0 Å². The van der Waals surface area contributed by atoms with Crippen LogP contribution in [-0.2, 0) is 11.3 Å². The van der Waals surface area contributed by atoms with E-state index in [-0.39, 0.29) is 17.7 Å². The van der Waals surface area contributed by atoms with Crippen LogP contribution in [0.25, 0.3) is 33.6 Å². The fourth-order valence-electron chi connectivity index (χ4n) is 4.70. The molecule has 178 valence electrons. The molecule has 2 aromatic carbocycles. The van der Waals surface area contributed by atoms with Crippen molar-refractivity contribution in [3.8, 4) is 11.7 Å². The lowest BCUT2D eigenvalue weighted by Crippen LogP contribution is -2.32. The van der Waals surface area contributed by atoms with Crippen molar-refractivity contribution in [2.75, 3.05) is 0 Å². The van der Waals surface area contributed by atoms with Gasteiger partial charge >= 0.3 is 0 Å². The highest BCUT2D eigenvalue weighted by molar-refractivity contribution is 6.31. The fourth-order valence-corrected chi connectivity index (χ4v) is 5.06. The van der Waals surface area contributed by atoms with E-state index in [1.165, 1.54) is 0 Å². The minimum Gasteiger partial charge on any atom is -0.459 e. The lowest BCUT2D eigenvalue weighted by molar-refractivity contribution is -0.126. The maximum atomic E-state index is 12.7. The number of carbonyl (C=O) groups is 1. The molecule has 0 atom stereocenters. The first kappa shape index (κ1) is 22.2. The summed E-state index contributed by atoms with van der Waals surface area (Å²) in [5.41, 5.74) is 1.46. The smallest absolute Gasteiger partial charge is 0.283 e. The highest BCUT2D eigenvalue weighted by Gasteiger charge is 2.30. The van der Waals surface area contributed by atoms with Crippen LogP contribution in [-0.4, -0.2) is 16.1 Å². The van der Waals surface area contributed by atoms with E-state index in [4.69, 9.17) is 36.5 Å². The molecule has 3 heterocycles. The molecule has 0 unspecified atom stereocenters. The number of nitrogens with zero attached hydrogens (tertiary/aromatic N) is 2. The van der Waals surface area contributed by atoms with Crippen LogP contribution in [0.1, 0.15) is 43.3 Å². The van der Waals surface area contributed by atoms with Gasteiger partial charge in [0, 0.05) is 32.7 Å². The normalized spacial score (nSPS) is 18.3. The summed E-state index contributed by atoms with van der Waals surface area (Å²) >= 11 is 12.1. The molecule has 1 N–H and O–H groups in total. The number of amides is 1. The van der Waals surface area contributed by atoms with Crippen molar-refractivity contribution in [3.05, 3.63) is 70.2 Å². The Hall–Kier alpha value is -3.29. The number of fused-ring (bicyclic) bond motifs is 2. The first-order valence-electron chi connectivity index (χ1n) is 11.5. The molecule has 9 heteroatoms. The van der Waals surface area contributed by atoms with E-state index in [9.17, 15) is 4.79 Å². The van der Waals surface area contributed by atoms with Crippen LogP contribution >= 0.6 is 23.2 Å². The van der Waals surface area contributed by atoms with Crippen LogP contribution in [0.5, 0.6) is 0 Å². The number of nitrogens with one attached hydrogen (secondary N) is 1. The fraction of sp³-hybridized carbons (Fsp3) is 0.269. The molecule has 0 aliphatic heterocycles. The molecule has 3 aromatic heterocycles. The average molecular weight is 510 g/mol. The number of carbonyl (C=O) groups excluding carboxylic acids is 1. The molecule has 5 aromatic rings. The van der Waals surface area contributed by atoms with Crippen LogP contribution in [0.2, 0.25) is 10.0 Å². The Morgan fingerprint density at radius 3 is 2.29 bits per heavy atom. The third-order valence-electron chi connectivity index (χ3n) is 6.54. The molecule has 0 radical (unpaired) electrons. The van der Waals surface area contributed by atoms with Crippen LogP contribution in [0, 0.1) is 5.92 Å². The number of halogens is 2. The summed E-state index contributed by atoms with van der Waals surface area (Å²) in [6, 6.07) is 14.6. The third kappa shape index (κ3) is 4.54. The number of hydrogen-bond acceptors (Lipinski definition) is 6. The number of rotatable bonds is 5. The van der Waals surface area contributed by atoms with E-state index in [0.717, 1.165) is 42.0 Å². The lowest BCUT2D eigenvalue weighted by atomic mass is 9.81. The van der Waals surface area contributed by atoms with Gasteiger partial charge in [-0.15, -0.1) is 10.2 Å². The van der Waals surface area contributed by atoms with Crippen molar-refractivity contribution < 1.29 is 18.0 Å². The molecule has 0 bridgehead atoms. The second kappa shape index (κ2) is 9.06. The second-order valence-electron chi connectivity index (χ2n) is 8.90. The number of furan rings is 2. The van der Waals surface area contributed by atoms with E-state index in [1.807, 2.05) is 36.4 Å². The van der Waals surface area contributed by atoms with Gasteiger partial charge in [0.1, 0.15) is 16.9 Å². The predicted molar refractivity (Wildman–Crippen MR) is 132 cm³/mol. The van der Waals surface area contributed by atoms with Crippen LogP contribution in [0.3, 0.4) is 0 Å². The summed E-state index contributed by atoms with van der Waals surface area (Å²) in [6.45, 7) is 0.348. The van der Waals surface area contributed by atoms with Crippen LogP contribution in [0.15, 0.2) is 61.8 Å². The van der Waals surface area contributed by atoms with Gasteiger partial charge in [0.2, 0.25) is 11.8 Å². The average Bonchev–Trinajstić information content (AvgIpc) is 3.59. The summed E-state index contributed by atoms with van der Waals surface area (Å²) in [6.07, 6.45) is 3.12. The minimum atomic E-state index is -0.0485. The molecule has 7 nitrogen and oxygen atoms in total. The molecule has 1 fully saturated rings. The largest absolute Gasteiger partial charge is 0.459 e. The molecule has 6 rings (SSSR count). The predicted octanol–water partition coefficient (Wildman–Crippen LogP) is 7.13. The summed E-state index contributed by atoms with van der Waals surface area (Å²) in [7, 11) is 0. The molecule has 1 amide bonds. The molecular weight excluding hydrogens is 489 g/mol. The molecule has 1 aliphatic rings. The van der Waals surface area contributed by atoms with Crippen molar-refractivity contribution in [2.24, 2.45) is 5.92 Å². The Morgan fingerprint density at radius 1 is 0.857 bits per heavy atom. The van der Waals surface area contributed by atoms with Crippen molar-refractivity contribution in [2.45, 2.75) is 38.1 Å². The topological polar surface area (TPSA) is 94.3 Å². The highest BCUT2D eigenvalue weighted by atomic mass is 35.5. The Bertz CT molecular complexity index is 1530. The molecule has 1 aliphatic carbocycles. The van der Waals surface area contributed by atoms with Gasteiger partial charge in [-0.2, -0.15) is 0 Å². The number of benzene rings is 2. The standard InChI is InChI=1S/C26H21Cl2N3O4/c27-18-5-7-21-16(9-18)11-20(33-21)13-29-24(32)14-1-3-15(4-2-14)25-30-31-26(35-25)23-12-17-10-19(28)6-8-22(17)34-23/h5-12,14-15H,1-4,13H2,(H,29,32)/t14-,15-. The monoisotopic (exact) mass is 509 g/mol. The second-order valence-corrected chi connectivity index (χ2v) is 9.77. The van der Waals surface area contributed by atoms with Gasteiger partial charge in [-0.3, -0.25) is 4.79 Å². The van der Waals surface area contributed by atoms with Gasteiger partial charge < -0.3 is 18.6 Å². The van der Waals surface area contributed by atoms with Crippen LogP contribution in [0.4, 0.5) is 0 Å². The van der Waals surface area contributed by atoms with Gasteiger partial charge in [0.25, 0.3) is 5.89 Å². The molecule has 35 heavy (non-hydrogen) atoms. The molecule has 1 saturated carbocycles. The van der Waals surface area contributed by atoms with Gasteiger partial charge in [-0.05, 0) is 74.2 Å². The van der Waals surface area contributed by atoms with Gasteiger partial charge in [0.15, 0.2) is 5.76 Å². The van der Waals surface area contributed by atoms with Crippen molar-refractivity contribution >= 4 is 51.0 Å². The number of aromatic nitrogens is 2. The summed E-state index contributed by atoms with van der Waals surface area (Å²) in [4.78, 5) is 12.7. The first-order valence-corrected chi connectivity index (χ1v) is 12.3. The Morgan fingerprint density at radius 2 is 1.54 bits per heavy atom. The maximum absolute atomic E-state index is 12.7. The quantitative estimate of drug-likeness (QED) is 0.270. The molecular formula is C26H21Cl2N3O4. The number of hydrogen-bond donors (Lipinski definition) is 1. The van der Waals surface area contributed by atoms with E-state index >= 15 is 0 Å². The van der Waals surface area contributed by atoms with E-state index in [0.29, 0.717) is 45.5 Å². The van der Waals surface area contributed by atoms with Crippen LogP contribution < -0.4 is 5.32 Å². The van der Waals surface area contributed by atoms with Crippen molar-refractivity contribution in [3.63, 3.8) is 0 Å². The van der Waals surface area contributed by atoms with E-state index < -0.39 is 0 Å². The summed E-state index contributed by atoms with van der Waals surface area (Å²) in [5.74, 6) is 2.26. The Labute approximate surface area is 210 Å². The van der Waals surface area contributed by atoms with Crippen molar-refractivity contribution in [1.29, 1.82) is 0 Å². The van der Waals surface area contributed by atoms with Crippen molar-refractivity contribution in [1.82, 2.24) is 15.5 Å². The summed E-state index contributed by atoms with van der Waals surface area (Å²) < 4.78 is 17.5. The molecule has 0 spiro atoms. The Kier molecular flexibility index (Phi) is 5.74. The first-order chi connectivity index (χ1) is 17.0. The Balaban J connectivity index is 1.05. The zero-order valence-electron chi connectivity index (χ0n) is 18.6. The molecule has 0 saturated heterocycles. The lowest BCUT2D eigenvalue weighted by Gasteiger charge is -2.25. The summed E-state index contributed by atoms with van der Waals surface area (Å²) in [5, 5.41) is 14.5. The SMILES string of the molecule is O=C(NCc1cc2cc(Cl)ccc2o1)[C@H]1CC[C@H](c2nnc(-c3cc4cc(Cl)ccc4o3)o2)CC1. The van der Waals surface area contributed by atoms with Gasteiger partial charge in [-0.1, -0.05) is 23.2 Å². The van der Waals surface area contributed by atoms with E-state index in [2.05, 4.69) is 15.5 Å².